The number of aryl methyl sites for hydroxylation is 1. The highest BCUT2D eigenvalue weighted by molar-refractivity contribution is 5.73. The smallest absolute Gasteiger partial charge is 0.128 e. The van der Waals surface area contributed by atoms with Crippen molar-refractivity contribution in [3.63, 3.8) is 0 Å². The first kappa shape index (κ1) is 12.4. The van der Waals surface area contributed by atoms with Crippen molar-refractivity contribution in [3.8, 4) is 0 Å². The van der Waals surface area contributed by atoms with Crippen molar-refractivity contribution in [2.24, 2.45) is 0 Å². The number of anilines is 1. The van der Waals surface area contributed by atoms with Crippen LogP contribution in [0.25, 0.3) is 5.57 Å². The normalized spacial score (nSPS) is 19.7. The molecule has 1 N–H and O–H groups in total. The Morgan fingerprint density at radius 2 is 2.05 bits per heavy atom. The molecule has 3 heteroatoms. The van der Waals surface area contributed by atoms with Crippen LogP contribution < -0.4 is 10.2 Å². The monoisotopic (exact) mass is 255 g/mol. The van der Waals surface area contributed by atoms with E-state index in [1.165, 1.54) is 22.3 Å². The van der Waals surface area contributed by atoms with Crippen LogP contribution in [0.2, 0.25) is 0 Å². The highest BCUT2D eigenvalue weighted by Crippen LogP contribution is 2.32. The van der Waals surface area contributed by atoms with Crippen molar-refractivity contribution in [1.82, 2.24) is 10.3 Å². The second-order valence-corrected chi connectivity index (χ2v) is 5.42. The van der Waals surface area contributed by atoms with Crippen LogP contribution in [0.15, 0.2) is 30.5 Å². The Kier molecular flexibility index (Phi) is 3.38. The molecule has 100 valence electrons. The summed E-state index contributed by atoms with van der Waals surface area (Å²) in [6, 6.07) is 2.22. The number of aromatic nitrogens is 1. The third kappa shape index (κ3) is 2.56. The predicted molar refractivity (Wildman–Crippen MR) is 80.4 cm³/mol. The molecule has 0 saturated carbocycles. The second-order valence-electron chi connectivity index (χ2n) is 5.42. The molecule has 2 aliphatic rings. The van der Waals surface area contributed by atoms with Crippen molar-refractivity contribution < 1.29 is 0 Å². The van der Waals surface area contributed by atoms with E-state index in [1.54, 1.807) is 0 Å². The van der Waals surface area contributed by atoms with Gasteiger partial charge >= 0.3 is 0 Å². The van der Waals surface area contributed by atoms with E-state index < -0.39 is 0 Å². The number of nitrogens with one attached hydrogen (secondary N) is 1. The van der Waals surface area contributed by atoms with Crippen LogP contribution in [0.1, 0.15) is 24.0 Å². The summed E-state index contributed by atoms with van der Waals surface area (Å²) >= 11 is 0. The molecule has 0 atom stereocenters. The molecule has 1 aromatic heterocycles. The molecular formula is C16H21N3. The minimum absolute atomic E-state index is 1.05. The summed E-state index contributed by atoms with van der Waals surface area (Å²) in [4.78, 5) is 7.02. The van der Waals surface area contributed by atoms with E-state index in [9.17, 15) is 0 Å². The van der Waals surface area contributed by atoms with Crippen LogP contribution in [0.3, 0.4) is 0 Å². The number of piperazine rings is 1. The van der Waals surface area contributed by atoms with Crippen LogP contribution in [0.4, 0.5) is 5.82 Å². The summed E-state index contributed by atoms with van der Waals surface area (Å²) in [7, 11) is 0. The fourth-order valence-electron chi connectivity index (χ4n) is 2.84. The van der Waals surface area contributed by atoms with E-state index in [2.05, 4.69) is 40.8 Å². The maximum Gasteiger partial charge on any atom is 0.128 e. The third-order valence-electron chi connectivity index (χ3n) is 3.98. The van der Waals surface area contributed by atoms with Crippen molar-refractivity contribution in [3.05, 3.63) is 41.6 Å². The molecule has 0 spiro atoms. The molecule has 1 aromatic rings. The highest BCUT2D eigenvalue weighted by atomic mass is 15.2. The molecule has 1 aliphatic carbocycles. The zero-order valence-corrected chi connectivity index (χ0v) is 11.6. The van der Waals surface area contributed by atoms with Crippen LogP contribution in [0, 0.1) is 6.92 Å². The fourth-order valence-corrected chi connectivity index (χ4v) is 2.84. The Morgan fingerprint density at radius 3 is 2.68 bits per heavy atom. The van der Waals surface area contributed by atoms with Gasteiger partial charge in [0.05, 0.1) is 0 Å². The van der Waals surface area contributed by atoms with E-state index in [-0.39, 0.29) is 0 Å². The molecule has 3 nitrogen and oxygen atoms in total. The summed E-state index contributed by atoms with van der Waals surface area (Å²) in [5.74, 6) is 1.11. The first-order valence-electron chi connectivity index (χ1n) is 7.05. The Balaban J connectivity index is 1.85. The molecular weight excluding hydrogens is 234 g/mol. The van der Waals surface area contributed by atoms with Crippen molar-refractivity contribution in [1.29, 1.82) is 0 Å². The van der Waals surface area contributed by atoms with E-state index >= 15 is 0 Å². The average Bonchev–Trinajstić information content (AvgIpc) is 2.86. The molecule has 2 heterocycles. The molecule has 3 rings (SSSR count). The molecule has 1 aliphatic heterocycles. The summed E-state index contributed by atoms with van der Waals surface area (Å²) in [6.45, 7) is 10.4. The number of hydrogen-bond acceptors (Lipinski definition) is 3. The molecule has 1 fully saturated rings. The summed E-state index contributed by atoms with van der Waals surface area (Å²) < 4.78 is 0. The first-order chi connectivity index (χ1) is 9.24. The highest BCUT2D eigenvalue weighted by Gasteiger charge is 2.15. The maximum atomic E-state index is 4.66. The molecule has 0 radical (unpaired) electrons. The van der Waals surface area contributed by atoms with Gasteiger partial charge in [-0.15, -0.1) is 0 Å². The van der Waals surface area contributed by atoms with Crippen LogP contribution >= 0.6 is 0 Å². The van der Waals surface area contributed by atoms with E-state index in [0.717, 1.165) is 44.8 Å². The van der Waals surface area contributed by atoms with E-state index in [1.807, 2.05) is 6.20 Å². The predicted octanol–water partition coefficient (Wildman–Crippen LogP) is 2.53. The molecule has 19 heavy (non-hydrogen) atoms. The quantitative estimate of drug-likeness (QED) is 0.880. The van der Waals surface area contributed by atoms with Gasteiger partial charge in [0.2, 0.25) is 0 Å². The van der Waals surface area contributed by atoms with Crippen LogP contribution in [-0.2, 0) is 0 Å². The minimum atomic E-state index is 1.05. The average molecular weight is 255 g/mol. The Morgan fingerprint density at radius 1 is 1.26 bits per heavy atom. The van der Waals surface area contributed by atoms with Crippen molar-refractivity contribution >= 4 is 11.4 Å². The summed E-state index contributed by atoms with van der Waals surface area (Å²) in [6.07, 6.45) is 6.45. The Bertz CT molecular complexity index is 525. The van der Waals surface area contributed by atoms with Crippen molar-refractivity contribution in [2.45, 2.75) is 19.8 Å². The largest absolute Gasteiger partial charge is 0.354 e. The standard InChI is InChI=1S/C16H21N3/c1-12-3-4-14(9-12)15-11-18-16(10-13(15)2)19-7-5-17-6-8-19/h9-11,17H,1,3-8H2,2H3. The summed E-state index contributed by atoms with van der Waals surface area (Å²) in [5, 5.41) is 3.37. The SMILES string of the molecule is C=C1C=C(c2cnc(N3CCNCC3)cc2C)CC1. The van der Waals surface area contributed by atoms with Gasteiger partial charge in [0, 0.05) is 32.4 Å². The van der Waals surface area contributed by atoms with Gasteiger partial charge in [-0.05, 0) is 42.5 Å². The fraction of sp³-hybridized carbons (Fsp3) is 0.438. The topological polar surface area (TPSA) is 28.2 Å². The number of pyridine rings is 1. The minimum Gasteiger partial charge on any atom is -0.354 e. The summed E-state index contributed by atoms with van der Waals surface area (Å²) in [5.41, 5.74) is 5.24. The van der Waals surface area contributed by atoms with Gasteiger partial charge in [-0.25, -0.2) is 4.98 Å². The third-order valence-corrected chi connectivity index (χ3v) is 3.98. The van der Waals surface area contributed by atoms with E-state index in [4.69, 9.17) is 0 Å². The number of allylic oxidation sites excluding steroid dienone is 3. The molecule has 0 bridgehead atoms. The molecule has 0 amide bonds. The van der Waals surface area contributed by atoms with Gasteiger partial charge in [-0.1, -0.05) is 18.2 Å². The van der Waals surface area contributed by atoms with Gasteiger partial charge in [0.1, 0.15) is 5.82 Å². The van der Waals surface area contributed by atoms with Crippen LogP contribution in [0.5, 0.6) is 0 Å². The lowest BCUT2D eigenvalue weighted by Crippen LogP contribution is -2.43. The maximum absolute atomic E-state index is 4.66. The zero-order chi connectivity index (χ0) is 13.2. The molecule has 0 aromatic carbocycles. The lowest BCUT2D eigenvalue weighted by Gasteiger charge is -2.28. The Hall–Kier alpha value is -1.61. The van der Waals surface area contributed by atoms with E-state index in [0.29, 0.717) is 0 Å². The van der Waals surface area contributed by atoms with Gasteiger partial charge in [0.25, 0.3) is 0 Å². The number of rotatable bonds is 2. The van der Waals surface area contributed by atoms with Gasteiger partial charge in [-0.3, -0.25) is 0 Å². The molecule has 1 saturated heterocycles. The van der Waals surface area contributed by atoms with Crippen molar-refractivity contribution in [2.75, 3.05) is 31.1 Å². The zero-order valence-electron chi connectivity index (χ0n) is 11.6. The van der Waals surface area contributed by atoms with Gasteiger partial charge in [-0.2, -0.15) is 0 Å². The lowest BCUT2D eigenvalue weighted by atomic mass is 10.0. The second kappa shape index (κ2) is 5.17. The van der Waals surface area contributed by atoms with Gasteiger partial charge in [0.15, 0.2) is 0 Å². The molecule has 0 unspecified atom stereocenters. The van der Waals surface area contributed by atoms with Gasteiger partial charge < -0.3 is 10.2 Å². The Labute approximate surface area is 115 Å². The van der Waals surface area contributed by atoms with Crippen LogP contribution in [-0.4, -0.2) is 31.2 Å². The first-order valence-corrected chi connectivity index (χ1v) is 7.05. The lowest BCUT2D eigenvalue weighted by molar-refractivity contribution is 0.585. The number of nitrogens with zero attached hydrogens (tertiary/aromatic N) is 2. The number of hydrogen-bond donors (Lipinski definition) is 1.